The maximum Gasteiger partial charge on any atom is 0.252 e. The van der Waals surface area contributed by atoms with Gasteiger partial charge >= 0.3 is 0 Å². The standard InChI is InChI=1S/C18H30N2O2/c1-2-3-4-5-6-7-8-9-10-15-22-16-20-13-11-17(12-14-20)18(19)21/h11-14H,2-10,15-16H2,1H3,(H-,19,21)/p+1. The monoisotopic (exact) mass is 307 g/mol. The van der Waals surface area contributed by atoms with Crippen LogP contribution in [0.2, 0.25) is 0 Å². The van der Waals surface area contributed by atoms with Crippen molar-refractivity contribution in [1.82, 2.24) is 0 Å². The molecule has 0 spiro atoms. The number of carbonyl (C=O) groups excluding carboxylic acids is 1. The lowest BCUT2D eigenvalue weighted by molar-refractivity contribution is -0.732. The number of nitrogens with two attached hydrogens (primary N) is 1. The van der Waals surface area contributed by atoms with E-state index in [4.69, 9.17) is 10.5 Å². The molecule has 0 aromatic carbocycles. The number of nitrogens with zero attached hydrogens (tertiary/aromatic N) is 1. The zero-order valence-electron chi connectivity index (χ0n) is 13.9. The van der Waals surface area contributed by atoms with Crippen LogP contribution in [0.5, 0.6) is 0 Å². The highest BCUT2D eigenvalue weighted by Crippen LogP contribution is 2.09. The van der Waals surface area contributed by atoms with Crippen molar-refractivity contribution >= 4 is 5.91 Å². The molecule has 1 rings (SSSR count). The Balaban J connectivity index is 1.94. The Hall–Kier alpha value is -1.42. The van der Waals surface area contributed by atoms with Gasteiger partial charge in [-0.15, -0.1) is 0 Å². The van der Waals surface area contributed by atoms with Gasteiger partial charge < -0.3 is 10.5 Å². The van der Waals surface area contributed by atoms with Crippen LogP contribution in [0.1, 0.15) is 75.1 Å². The third-order valence-electron chi connectivity index (χ3n) is 3.81. The molecule has 0 aliphatic carbocycles. The summed E-state index contributed by atoms with van der Waals surface area (Å²) in [6, 6.07) is 3.43. The Morgan fingerprint density at radius 1 is 1.00 bits per heavy atom. The van der Waals surface area contributed by atoms with E-state index in [1.807, 2.05) is 17.0 Å². The molecule has 0 aliphatic rings. The number of primary amides is 1. The van der Waals surface area contributed by atoms with Gasteiger partial charge in [-0.05, 0) is 6.42 Å². The Morgan fingerprint density at radius 2 is 1.55 bits per heavy atom. The molecule has 0 radical (unpaired) electrons. The summed E-state index contributed by atoms with van der Waals surface area (Å²) in [5.74, 6) is -0.400. The highest BCUT2D eigenvalue weighted by Gasteiger charge is 2.04. The van der Waals surface area contributed by atoms with E-state index in [1.54, 1.807) is 12.1 Å². The number of amides is 1. The third kappa shape index (κ3) is 8.78. The summed E-state index contributed by atoms with van der Waals surface area (Å²) in [5.41, 5.74) is 5.72. The fourth-order valence-corrected chi connectivity index (χ4v) is 2.39. The van der Waals surface area contributed by atoms with E-state index >= 15 is 0 Å². The van der Waals surface area contributed by atoms with Gasteiger partial charge in [-0.3, -0.25) is 4.79 Å². The van der Waals surface area contributed by atoms with Gasteiger partial charge in [-0.25, -0.2) is 0 Å². The summed E-state index contributed by atoms with van der Waals surface area (Å²) in [4.78, 5) is 11.0. The maximum atomic E-state index is 11.0. The average Bonchev–Trinajstić information content (AvgIpc) is 2.53. The SMILES string of the molecule is CCCCCCCCCCCOC[n+]1ccc(C(N)=O)cc1. The first-order chi connectivity index (χ1) is 10.7. The normalized spacial score (nSPS) is 10.8. The van der Waals surface area contributed by atoms with Crippen LogP contribution < -0.4 is 10.3 Å². The van der Waals surface area contributed by atoms with E-state index in [9.17, 15) is 4.79 Å². The number of pyridine rings is 1. The summed E-state index contributed by atoms with van der Waals surface area (Å²) in [6.45, 7) is 3.57. The lowest BCUT2D eigenvalue weighted by atomic mass is 10.1. The van der Waals surface area contributed by atoms with Crippen molar-refractivity contribution in [3.63, 3.8) is 0 Å². The zero-order valence-corrected chi connectivity index (χ0v) is 13.9. The van der Waals surface area contributed by atoms with E-state index < -0.39 is 5.91 Å². The summed E-state index contributed by atoms with van der Waals surface area (Å²) in [7, 11) is 0. The van der Waals surface area contributed by atoms with E-state index in [0.29, 0.717) is 12.3 Å². The van der Waals surface area contributed by atoms with Gasteiger partial charge in [0, 0.05) is 12.1 Å². The van der Waals surface area contributed by atoms with Gasteiger partial charge in [-0.1, -0.05) is 58.3 Å². The molecule has 0 aliphatic heterocycles. The first-order valence-corrected chi connectivity index (χ1v) is 8.60. The quantitative estimate of drug-likeness (QED) is 0.447. The van der Waals surface area contributed by atoms with Crippen LogP contribution in [0, 0.1) is 0 Å². The van der Waals surface area contributed by atoms with E-state index in [1.165, 1.54) is 51.4 Å². The molecule has 4 heteroatoms. The fourth-order valence-electron chi connectivity index (χ4n) is 2.39. The van der Waals surface area contributed by atoms with Crippen LogP contribution in [0.15, 0.2) is 24.5 Å². The van der Waals surface area contributed by atoms with Crippen molar-refractivity contribution < 1.29 is 14.1 Å². The first kappa shape index (κ1) is 18.6. The van der Waals surface area contributed by atoms with Crippen LogP contribution in [-0.4, -0.2) is 12.5 Å². The van der Waals surface area contributed by atoms with Crippen molar-refractivity contribution in [2.24, 2.45) is 5.73 Å². The predicted molar refractivity (Wildman–Crippen MR) is 88.3 cm³/mol. The zero-order chi connectivity index (χ0) is 16.0. The van der Waals surface area contributed by atoms with Gasteiger partial charge in [-0.2, -0.15) is 4.57 Å². The topological polar surface area (TPSA) is 56.2 Å². The van der Waals surface area contributed by atoms with Crippen molar-refractivity contribution in [1.29, 1.82) is 0 Å². The van der Waals surface area contributed by atoms with Crippen molar-refractivity contribution in [3.05, 3.63) is 30.1 Å². The smallest absolute Gasteiger partial charge is 0.252 e. The van der Waals surface area contributed by atoms with E-state index in [2.05, 4.69) is 6.92 Å². The Kier molecular flexibility index (Phi) is 10.3. The molecule has 2 N–H and O–H groups in total. The molecular formula is C18H31N2O2+. The minimum absolute atomic E-state index is 0.400. The van der Waals surface area contributed by atoms with Gasteiger partial charge in [0.2, 0.25) is 5.91 Å². The molecule has 1 aromatic heterocycles. The molecule has 0 saturated heterocycles. The number of rotatable bonds is 13. The molecule has 0 fully saturated rings. The molecular weight excluding hydrogens is 276 g/mol. The molecule has 1 aromatic rings. The largest absolute Gasteiger partial charge is 0.366 e. The summed E-state index contributed by atoms with van der Waals surface area (Å²) < 4.78 is 7.53. The summed E-state index contributed by atoms with van der Waals surface area (Å²) >= 11 is 0. The van der Waals surface area contributed by atoms with Crippen LogP contribution in [-0.2, 0) is 11.5 Å². The predicted octanol–water partition coefficient (Wildman–Crippen LogP) is 3.58. The second kappa shape index (κ2) is 12.2. The minimum atomic E-state index is -0.400. The molecule has 1 heterocycles. The van der Waals surface area contributed by atoms with E-state index in [0.717, 1.165) is 13.0 Å². The van der Waals surface area contributed by atoms with Crippen LogP contribution in [0.3, 0.4) is 0 Å². The Morgan fingerprint density at radius 3 is 2.09 bits per heavy atom. The maximum absolute atomic E-state index is 11.0. The first-order valence-electron chi connectivity index (χ1n) is 8.60. The number of hydrogen-bond donors (Lipinski definition) is 1. The van der Waals surface area contributed by atoms with Gasteiger partial charge in [0.05, 0.1) is 12.2 Å². The molecule has 0 unspecified atom stereocenters. The lowest BCUT2D eigenvalue weighted by Gasteiger charge is -2.03. The highest BCUT2D eigenvalue weighted by molar-refractivity contribution is 5.92. The summed E-state index contributed by atoms with van der Waals surface area (Å²) in [6.07, 6.45) is 15.5. The van der Waals surface area contributed by atoms with Gasteiger partial charge in [0.15, 0.2) is 12.4 Å². The third-order valence-corrected chi connectivity index (χ3v) is 3.81. The number of carbonyl (C=O) groups is 1. The molecule has 0 atom stereocenters. The molecule has 124 valence electrons. The fraction of sp³-hybridized carbons (Fsp3) is 0.667. The highest BCUT2D eigenvalue weighted by atomic mass is 16.5. The molecule has 1 amide bonds. The van der Waals surface area contributed by atoms with Crippen LogP contribution in [0.25, 0.3) is 0 Å². The van der Waals surface area contributed by atoms with Gasteiger partial charge in [0.25, 0.3) is 6.73 Å². The van der Waals surface area contributed by atoms with Crippen molar-refractivity contribution in [3.8, 4) is 0 Å². The minimum Gasteiger partial charge on any atom is -0.366 e. The van der Waals surface area contributed by atoms with Crippen molar-refractivity contribution in [2.45, 2.75) is 71.4 Å². The lowest BCUT2D eigenvalue weighted by Crippen LogP contribution is -2.34. The molecule has 0 saturated carbocycles. The molecule has 4 nitrogen and oxygen atoms in total. The molecule has 22 heavy (non-hydrogen) atoms. The number of unbranched alkanes of at least 4 members (excludes halogenated alkanes) is 8. The van der Waals surface area contributed by atoms with Crippen LogP contribution in [0.4, 0.5) is 0 Å². The van der Waals surface area contributed by atoms with Crippen LogP contribution >= 0.6 is 0 Å². The summed E-state index contributed by atoms with van der Waals surface area (Å²) in [5, 5.41) is 0. The Labute approximate surface area is 134 Å². The second-order valence-corrected chi connectivity index (χ2v) is 5.83. The Bertz CT molecular complexity index is 404. The average molecular weight is 307 g/mol. The van der Waals surface area contributed by atoms with Crippen molar-refractivity contribution in [2.75, 3.05) is 6.61 Å². The second-order valence-electron chi connectivity index (χ2n) is 5.83. The number of hydrogen-bond acceptors (Lipinski definition) is 2. The van der Waals surface area contributed by atoms with Gasteiger partial charge in [0.1, 0.15) is 0 Å². The number of aromatic nitrogens is 1. The molecule has 0 bridgehead atoms. The number of ether oxygens (including phenoxy) is 1. The van der Waals surface area contributed by atoms with E-state index in [-0.39, 0.29) is 0 Å².